The van der Waals surface area contributed by atoms with E-state index in [4.69, 9.17) is 0 Å². The third-order valence-corrected chi connectivity index (χ3v) is 4.58. The van der Waals surface area contributed by atoms with Crippen molar-refractivity contribution >= 4 is 0 Å². The van der Waals surface area contributed by atoms with E-state index in [0.717, 1.165) is 24.9 Å². The fourth-order valence-corrected chi connectivity index (χ4v) is 3.20. The van der Waals surface area contributed by atoms with Crippen molar-refractivity contribution in [3.8, 4) is 0 Å². The van der Waals surface area contributed by atoms with Crippen LogP contribution in [-0.2, 0) is 6.42 Å². The lowest BCUT2D eigenvalue weighted by Gasteiger charge is -2.29. The van der Waals surface area contributed by atoms with Gasteiger partial charge in [-0.3, -0.25) is 0 Å². The molecule has 2 unspecified atom stereocenters. The second-order valence-electron chi connectivity index (χ2n) is 7.05. The molecule has 0 bridgehead atoms. The van der Waals surface area contributed by atoms with E-state index in [1.807, 2.05) is 6.20 Å². The summed E-state index contributed by atoms with van der Waals surface area (Å²) in [5.74, 6) is 0.895. The molecule has 3 nitrogen and oxygen atoms in total. The molecule has 2 N–H and O–H groups in total. The van der Waals surface area contributed by atoms with Crippen LogP contribution in [0.1, 0.15) is 58.6 Å². The monoisotopic (exact) mass is 263 g/mol. The van der Waals surface area contributed by atoms with Crippen LogP contribution in [0.3, 0.4) is 0 Å². The maximum absolute atomic E-state index is 4.06. The van der Waals surface area contributed by atoms with Crippen LogP contribution in [0.15, 0.2) is 12.5 Å². The Morgan fingerprint density at radius 2 is 2.11 bits per heavy atom. The molecule has 0 aromatic carbocycles. The molecule has 0 aliphatic heterocycles. The molecule has 1 saturated carbocycles. The summed E-state index contributed by atoms with van der Waals surface area (Å²) in [7, 11) is 0. The predicted molar refractivity (Wildman–Crippen MR) is 80.1 cm³/mol. The molecule has 1 aromatic heterocycles. The quantitative estimate of drug-likeness (QED) is 0.816. The van der Waals surface area contributed by atoms with Crippen molar-refractivity contribution in [3.05, 3.63) is 18.2 Å². The number of nitrogens with one attached hydrogen (secondary N) is 2. The van der Waals surface area contributed by atoms with Gasteiger partial charge in [0.05, 0.1) is 6.33 Å². The Labute approximate surface area is 117 Å². The molecule has 1 aliphatic rings. The van der Waals surface area contributed by atoms with Gasteiger partial charge in [0.1, 0.15) is 0 Å². The van der Waals surface area contributed by atoms with Gasteiger partial charge in [-0.2, -0.15) is 0 Å². The lowest BCUT2D eigenvalue weighted by molar-refractivity contribution is 0.213. The number of hydrogen-bond donors (Lipinski definition) is 2. The minimum atomic E-state index is 0.477. The van der Waals surface area contributed by atoms with Crippen LogP contribution in [0.25, 0.3) is 0 Å². The number of aromatic nitrogens is 2. The largest absolute Gasteiger partial charge is 0.348 e. The summed E-state index contributed by atoms with van der Waals surface area (Å²) in [5, 5.41) is 3.72. The third kappa shape index (κ3) is 4.64. The maximum Gasteiger partial charge on any atom is 0.0921 e. The number of rotatable bonds is 4. The highest BCUT2D eigenvalue weighted by Crippen LogP contribution is 2.36. The first kappa shape index (κ1) is 14.6. The highest BCUT2D eigenvalue weighted by Gasteiger charge is 2.27. The Morgan fingerprint density at radius 3 is 2.79 bits per heavy atom. The smallest absolute Gasteiger partial charge is 0.0921 e. The van der Waals surface area contributed by atoms with Crippen molar-refractivity contribution < 1.29 is 0 Å². The topological polar surface area (TPSA) is 40.7 Å². The maximum atomic E-state index is 4.06. The van der Waals surface area contributed by atoms with Crippen molar-refractivity contribution in [2.75, 3.05) is 6.54 Å². The number of H-pyrrole nitrogens is 1. The van der Waals surface area contributed by atoms with Gasteiger partial charge in [0.15, 0.2) is 0 Å². The van der Waals surface area contributed by atoms with Crippen molar-refractivity contribution in [3.63, 3.8) is 0 Å². The Balaban J connectivity index is 1.71. The number of hydrogen-bond acceptors (Lipinski definition) is 2. The zero-order chi connectivity index (χ0) is 13.7. The summed E-state index contributed by atoms with van der Waals surface area (Å²) in [4.78, 5) is 7.22. The van der Waals surface area contributed by atoms with Gasteiger partial charge in [-0.25, -0.2) is 4.98 Å². The van der Waals surface area contributed by atoms with E-state index in [-0.39, 0.29) is 0 Å². The SMILES string of the molecule is CC(C)(C)C1CCCC(NCCc2cnc[nH]2)CC1. The fraction of sp³-hybridized carbons (Fsp3) is 0.812. The van der Waals surface area contributed by atoms with E-state index in [0.29, 0.717) is 5.41 Å². The summed E-state index contributed by atoms with van der Waals surface area (Å²) >= 11 is 0. The third-order valence-electron chi connectivity index (χ3n) is 4.58. The lowest BCUT2D eigenvalue weighted by atomic mass is 9.76. The summed E-state index contributed by atoms with van der Waals surface area (Å²) < 4.78 is 0. The average molecular weight is 263 g/mol. The highest BCUT2D eigenvalue weighted by molar-refractivity contribution is 4.94. The Hall–Kier alpha value is -0.830. The zero-order valence-electron chi connectivity index (χ0n) is 12.7. The van der Waals surface area contributed by atoms with Crippen LogP contribution in [-0.4, -0.2) is 22.6 Å². The van der Waals surface area contributed by atoms with E-state index in [1.165, 1.54) is 37.8 Å². The van der Waals surface area contributed by atoms with Crippen LogP contribution in [0.2, 0.25) is 0 Å². The molecule has 108 valence electrons. The molecule has 3 heteroatoms. The average Bonchev–Trinajstić information content (AvgIpc) is 2.72. The van der Waals surface area contributed by atoms with Crippen molar-refractivity contribution in [2.45, 2.75) is 65.3 Å². The van der Waals surface area contributed by atoms with E-state index < -0.39 is 0 Å². The summed E-state index contributed by atoms with van der Waals surface area (Å²) in [6, 6.07) is 0.718. The van der Waals surface area contributed by atoms with Gasteiger partial charge in [0.25, 0.3) is 0 Å². The standard InChI is InChI=1S/C16H29N3/c1-16(2,3)13-5-4-6-14(8-7-13)18-10-9-15-11-17-12-19-15/h11-14,18H,4-10H2,1-3H3,(H,17,19). The highest BCUT2D eigenvalue weighted by atomic mass is 14.9. The van der Waals surface area contributed by atoms with E-state index in [2.05, 4.69) is 36.1 Å². The minimum Gasteiger partial charge on any atom is -0.348 e. The molecule has 0 amide bonds. The van der Waals surface area contributed by atoms with Crippen molar-refractivity contribution in [2.24, 2.45) is 11.3 Å². The first-order valence-corrected chi connectivity index (χ1v) is 7.76. The molecule has 19 heavy (non-hydrogen) atoms. The first-order valence-electron chi connectivity index (χ1n) is 7.76. The molecule has 0 radical (unpaired) electrons. The Bertz CT molecular complexity index is 351. The lowest BCUT2D eigenvalue weighted by Crippen LogP contribution is -2.30. The van der Waals surface area contributed by atoms with Gasteiger partial charge in [-0.05, 0) is 37.0 Å². The Morgan fingerprint density at radius 1 is 1.26 bits per heavy atom. The molecule has 0 spiro atoms. The molecule has 0 saturated heterocycles. The molecule has 1 heterocycles. The second kappa shape index (κ2) is 6.56. The van der Waals surface area contributed by atoms with Crippen LogP contribution in [0.4, 0.5) is 0 Å². The summed E-state index contributed by atoms with van der Waals surface area (Å²) in [5.41, 5.74) is 1.71. The van der Waals surface area contributed by atoms with Crippen LogP contribution in [0, 0.1) is 11.3 Å². The van der Waals surface area contributed by atoms with Gasteiger partial charge >= 0.3 is 0 Å². The summed E-state index contributed by atoms with van der Waals surface area (Å²) in [6.07, 6.45) is 11.6. The molecule has 2 atom stereocenters. The first-order chi connectivity index (χ1) is 9.05. The second-order valence-corrected chi connectivity index (χ2v) is 7.05. The van der Waals surface area contributed by atoms with Crippen LogP contribution in [0.5, 0.6) is 0 Å². The number of nitrogens with zero attached hydrogens (tertiary/aromatic N) is 1. The molecule has 2 rings (SSSR count). The van der Waals surface area contributed by atoms with E-state index in [1.54, 1.807) is 6.33 Å². The molecule has 1 fully saturated rings. The Kier molecular flexibility index (Phi) is 5.03. The van der Waals surface area contributed by atoms with Crippen molar-refractivity contribution in [1.82, 2.24) is 15.3 Å². The van der Waals surface area contributed by atoms with Gasteiger partial charge in [0, 0.05) is 30.9 Å². The molecule has 1 aromatic rings. The number of aromatic amines is 1. The van der Waals surface area contributed by atoms with Crippen LogP contribution < -0.4 is 5.32 Å². The summed E-state index contributed by atoms with van der Waals surface area (Å²) in [6.45, 7) is 8.24. The van der Waals surface area contributed by atoms with Gasteiger partial charge in [0.2, 0.25) is 0 Å². The molecular formula is C16H29N3. The van der Waals surface area contributed by atoms with Gasteiger partial charge in [-0.15, -0.1) is 0 Å². The number of imidazole rings is 1. The van der Waals surface area contributed by atoms with Crippen LogP contribution >= 0.6 is 0 Å². The molecule has 1 aliphatic carbocycles. The van der Waals surface area contributed by atoms with Gasteiger partial charge < -0.3 is 10.3 Å². The normalized spacial score (nSPS) is 25.2. The fourth-order valence-electron chi connectivity index (χ4n) is 3.20. The molecular weight excluding hydrogens is 234 g/mol. The zero-order valence-corrected chi connectivity index (χ0v) is 12.7. The van der Waals surface area contributed by atoms with E-state index >= 15 is 0 Å². The predicted octanol–water partition coefficient (Wildman–Crippen LogP) is 3.54. The van der Waals surface area contributed by atoms with E-state index in [9.17, 15) is 0 Å². The van der Waals surface area contributed by atoms with Crippen molar-refractivity contribution in [1.29, 1.82) is 0 Å². The van der Waals surface area contributed by atoms with Gasteiger partial charge in [-0.1, -0.05) is 27.2 Å². The minimum absolute atomic E-state index is 0.477.